The minimum atomic E-state index is 0.457. The molecule has 8 atom stereocenters. The first-order chi connectivity index (χ1) is 13.5. The molecule has 4 saturated carbocycles. The topological polar surface area (TPSA) is 0 Å². The Kier molecular flexibility index (Phi) is 4.38. The quantitative estimate of drug-likeness (QED) is 0.388. The van der Waals surface area contributed by atoms with Crippen molar-refractivity contribution < 1.29 is 0 Å². The minimum Gasteiger partial charge on any atom is -0.0841 e. The summed E-state index contributed by atoms with van der Waals surface area (Å²) < 4.78 is 0. The van der Waals surface area contributed by atoms with E-state index in [1.807, 2.05) is 5.57 Å². The van der Waals surface area contributed by atoms with Crippen molar-refractivity contribution in [2.75, 3.05) is 0 Å². The van der Waals surface area contributed by atoms with E-state index < -0.39 is 0 Å². The Morgan fingerprint density at radius 3 is 2.28 bits per heavy atom. The third-order valence-electron chi connectivity index (χ3n) is 12.8. The number of fused-ring (bicyclic) bond motifs is 7. The van der Waals surface area contributed by atoms with Crippen molar-refractivity contribution in [3.05, 3.63) is 11.6 Å². The van der Waals surface area contributed by atoms with E-state index in [4.69, 9.17) is 0 Å². The smallest absolute Gasteiger partial charge is 0.00565 e. The lowest BCUT2D eigenvalue weighted by atomic mass is 9.34. The van der Waals surface area contributed by atoms with Crippen molar-refractivity contribution in [2.45, 2.75) is 119 Å². The predicted octanol–water partition coefficient (Wildman–Crippen LogP) is 8.81. The molecule has 0 bridgehead atoms. The van der Waals surface area contributed by atoms with Crippen LogP contribution >= 0.6 is 0 Å². The normalized spacial score (nSPS) is 55.9. The number of hydrogen-bond donors (Lipinski definition) is 0. The molecule has 0 amide bonds. The molecule has 0 aliphatic heterocycles. The van der Waals surface area contributed by atoms with E-state index in [9.17, 15) is 0 Å². The van der Waals surface area contributed by atoms with Crippen molar-refractivity contribution in [1.82, 2.24) is 0 Å². The van der Waals surface area contributed by atoms with Crippen molar-refractivity contribution in [1.29, 1.82) is 0 Å². The summed E-state index contributed by atoms with van der Waals surface area (Å²) in [5, 5.41) is 0. The lowest BCUT2D eigenvalue weighted by Gasteiger charge is -2.70. The van der Waals surface area contributed by atoms with Gasteiger partial charge in [0.15, 0.2) is 0 Å². The van der Waals surface area contributed by atoms with Crippen molar-refractivity contribution >= 4 is 0 Å². The largest absolute Gasteiger partial charge is 0.0841 e. The first-order valence-corrected chi connectivity index (χ1v) is 13.2. The molecule has 29 heavy (non-hydrogen) atoms. The summed E-state index contributed by atoms with van der Waals surface area (Å²) in [5.41, 5.74) is 4.61. The molecule has 0 spiro atoms. The summed E-state index contributed by atoms with van der Waals surface area (Å²) >= 11 is 0. The fourth-order valence-electron chi connectivity index (χ4n) is 11.0. The molecule has 0 heteroatoms. The SMILES string of the molecule is CC[C@H]1CC[C@H]2C3=CC[C@@H]4[C@@]5(C)CCCC(C)(C)[C@@H]5CC[C@@]4(C)[C@]3(C)CC[C@]12C. The van der Waals surface area contributed by atoms with Crippen LogP contribution in [0.1, 0.15) is 119 Å². The third-order valence-corrected chi connectivity index (χ3v) is 12.8. The van der Waals surface area contributed by atoms with Crippen LogP contribution in [0.3, 0.4) is 0 Å². The Labute approximate surface area is 181 Å². The molecule has 0 aromatic rings. The third kappa shape index (κ3) is 2.39. The van der Waals surface area contributed by atoms with Gasteiger partial charge in [-0.25, -0.2) is 0 Å². The van der Waals surface area contributed by atoms with E-state index in [1.54, 1.807) is 0 Å². The molecule has 5 rings (SSSR count). The highest BCUT2D eigenvalue weighted by atomic mass is 14.7. The molecule has 4 fully saturated rings. The fraction of sp³-hybridized carbons (Fsp3) is 0.931. The van der Waals surface area contributed by atoms with Crippen molar-refractivity contribution in [3.63, 3.8) is 0 Å². The Balaban J connectivity index is 1.57. The average molecular weight is 397 g/mol. The Hall–Kier alpha value is -0.260. The zero-order chi connectivity index (χ0) is 20.9. The summed E-state index contributed by atoms with van der Waals surface area (Å²) in [5.74, 6) is 3.69. The first-order valence-electron chi connectivity index (χ1n) is 13.2. The van der Waals surface area contributed by atoms with Gasteiger partial charge in [-0.1, -0.05) is 73.0 Å². The lowest BCUT2D eigenvalue weighted by molar-refractivity contribution is -0.176. The molecule has 0 heterocycles. The van der Waals surface area contributed by atoms with Gasteiger partial charge in [-0.05, 0) is 109 Å². The Morgan fingerprint density at radius 2 is 1.55 bits per heavy atom. The fourth-order valence-corrected chi connectivity index (χ4v) is 11.0. The van der Waals surface area contributed by atoms with Gasteiger partial charge in [-0.3, -0.25) is 0 Å². The lowest BCUT2D eigenvalue weighted by Crippen LogP contribution is -2.62. The molecular weight excluding hydrogens is 348 g/mol. The van der Waals surface area contributed by atoms with Gasteiger partial charge in [-0.15, -0.1) is 0 Å². The van der Waals surface area contributed by atoms with Crippen LogP contribution in [0, 0.1) is 50.7 Å². The van der Waals surface area contributed by atoms with Crippen LogP contribution in [0.4, 0.5) is 0 Å². The minimum absolute atomic E-state index is 0.457. The van der Waals surface area contributed by atoms with Gasteiger partial charge >= 0.3 is 0 Å². The zero-order valence-corrected chi connectivity index (χ0v) is 20.7. The van der Waals surface area contributed by atoms with Crippen LogP contribution in [0.15, 0.2) is 11.6 Å². The second-order valence-corrected chi connectivity index (χ2v) is 13.9. The maximum Gasteiger partial charge on any atom is -0.00565 e. The maximum atomic E-state index is 2.85. The highest BCUT2D eigenvalue weighted by molar-refractivity contribution is 5.33. The van der Waals surface area contributed by atoms with Gasteiger partial charge in [0.1, 0.15) is 0 Å². The van der Waals surface area contributed by atoms with Gasteiger partial charge in [0, 0.05) is 0 Å². The molecule has 164 valence electrons. The molecule has 0 nitrogen and oxygen atoms in total. The standard InChI is InChI=1S/C29H48/c1-8-20-10-11-21-22-12-13-24-27(5)16-9-15-25(2,3)23(27)14-17-29(24,7)28(22,6)19-18-26(20,21)4/h12,20-21,23-24H,8-11,13-19H2,1-7H3/t20-,21-,23-,24+,26+,27-,28+,29+/m0/s1. The second-order valence-electron chi connectivity index (χ2n) is 13.9. The first kappa shape index (κ1) is 20.6. The van der Waals surface area contributed by atoms with E-state index in [1.165, 1.54) is 70.6 Å². The monoisotopic (exact) mass is 396 g/mol. The van der Waals surface area contributed by atoms with Crippen LogP contribution in [-0.4, -0.2) is 0 Å². The highest BCUT2D eigenvalue weighted by Crippen LogP contribution is 2.76. The van der Waals surface area contributed by atoms with Gasteiger partial charge in [0.05, 0.1) is 0 Å². The van der Waals surface area contributed by atoms with E-state index in [2.05, 4.69) is 54.5 Å². The number of rotatable bonds is 1. The molecule has 5 aliphatic rings. The van der Waals surface area contributed by atoms with Gasteiger partial charge in [0.25, 0.3) is 0 Å². The number of hydrogen-bond acceptors (Lipinski definition) is 0. The van der Waals surface area contributed by atoms with E-state index in [-0.39, 0.29) is 0 Å². The predicted molar refractivity (Wildman–Crippen MR) is 125 cm³/mol. The summed E-state index contributed by atoms with van der Waals surface area (Å²) in [6, 6.07) is 0. The molecule has 0 saturated heterocycles. The Morgan fingerprint density at radius 1 is 0.793 bits per heavy atom. The maximum absolute atomic E-state index is 2.85. The summed E-state index contributed by atoms with van der Waals surface area (Å²) in [6.45, 7) is 18.6. The molecule has 0 radical (unpaired) electrons. The molecule has 5 aliphatic carbocycles. The molecular formula is C29H48. The second kappa shape index (κ2) is 6.16. The van der Waals surface area contributed by atoms with Gasteiger partial charge in [0.2, 0.25) is 0 Å². The molecule has 0 aromatic carbocycles. The van der Waals surface area contributed by atoms with Crippen LogP contribution < -0.4 is 0 Å². The summed E-state index contributed by atoms with van der Waals surface area (Å²) in [4.78, 5) is 0. The summed E-state index contributed by atoms with van der Waals surface area (Å²) in [6.07, 6.45) is 18.9. The van der Waals surface area contributed by atoms with E-state index >= 15 is 0 Å². The molecule has 0 unspecified atom stereocenters. The Bertz CT molecular complexity index is 714. The summed E-state index contributed by atoms with van der Waals surface area (Å²) in [7, 11) is 0. The van der Waals surface area contributed by atoms with E-state index in [0.29, 0.717) is 27.1 Å². The van der Waals surface area contributed by atoms with Gasteiger partial charge < -0.3 is 0 Å². The average Bonchev–Trinajstić information content (AvgIpc) is 2.98. The van der Waals surface area contributed by atoms with Gasteiger partial charge in [-0.2, -0.15) is 0 Å². The van der Waals surface area contributed by atoms with Crippen LogP contribution in [0.5, 0.6) is 0 Å². The highest BCUT2D eigenvalue weighted by Gasteiger charge is 2.67. The van der Waals surface area contributed by atoms with Crippen molar-refractivity contribution in [2.24, 2.45) is 50.7 Å². The van der Waals surface area contributed by atoms with Crippen LogP contribution in [0.2, 0.25) is 0 Å². The number of allylic oxidation sites excluding steroid dienone is 2. The van der Waals surface area contributed by atoms with Crippen LogP contribution in [0.25, 0.3) is 0 Å². The van der Waals surface area contributed by atoms with Crippen LogP contribution in [-0.2, 0) is 0 Å². The van der Waals surface area contributed by atoms with E-state index in [0.717, 1.165) is 23.7 Å². The zero-order valence-electron chi connectivity index (χ0n) is 20.7. The molecule has 0 N–H and O–H groups in total. The molecule has 0 aromatic heterocycles. The van der Waals surface area contributed by atoms with Crippen molar-refractivity contribution in [3.8, 4) is 0 Å².